The SMILES string of the molecule is C.CCCC(=O)O.CCCC(=O)O. The molecule has 0 aromatic carbocycles. The summed E-state index contributed by atoms with van der Waals surface area (Å²) in [5.41, 5.74) is 0. The number of carbonyl (C=O) groups is 2. The first-order valence-corrected chi connectivity index (χ1v) is 3.98. The fourth-order valence-electron chi connectivity index (χ4n) is 0.428. The molecule has 0 rings (SSSR count). The van der Waals surface area contributed by atoms with Gasteiger partial charge in [-0.2, -0.15) is 0 Å². The molecule has 0 aromatic rings. The zero-order valence-corrected chi connectivity index (χ0v) is 7.54. The van der Waals surface area contributed by atoms with Crippen molar-refractivity contribution in [2.24, 2.45) is 0 Å². The summed E-state index contributed by atoms with van der Waals surface area (Å²) >= 11 is 0. The van der Waals surface area contributed by atoms with E-state index < -0.39 is 11.9 Å². The standard InChI is InChI=1S/2C4H8O2.CH4/c2*1-2-3-4(5)6;/h2*2-3H2,1H3,(H,5,6);1H4. The van der Waals surface area contributed by atoms with E-state index in [0.717, 1.165) is 12.8 Å². The van der Waals surface area contributed by atoms with Crippen molar-refractivity contribution in [1.29, 1.82) is 0 Å². The molecule has 0 saturated heterocycles. The summed E-state index contributed by atoms with van der Waals surface area (Å²) in [6.45, 7) is 3.68. The first-order chi connectivity index (χ1) is 5.54. The maximum atomic E-state index is 9.60. The maximum absolute atomic E-state index is 9.60. The van der Waals surface area contributed by atoms with Gasteiger partial charge >= 0.3 is 11.9 Å². The molecule has 0 bridgehead atoms. The summed E-state index contributed by atoms with van der Waals surface area (Å²) in [7, 11) is 0. The third kappa shape index (κ3) is 35.8. The molecule has 0 radical (unpaired) electrons. The fraction of sp³-hybridized carbons (Fsp3) is 0.778. The van der Waals surface area contributed by atoms with Crippen molar-refractivity contribution in [1.82, 2.24) is 0 Å². The number of carboxylic acid groups (broad SMARTS) is 2. The number of carboxylic acids is 2. The molecule has 4 nitrogen and oxygen atoms in total. The van der Waals surface area contributed by atoms with Crippen LogP contribution in [0.1, 0.15) is 47.0 Å². The Morgan fingerprint density at radius 2 is 1.15 bits per heavy atom. The van der Waals surface area contributed by atoms with Crippen molar-refractivity contribution < 1.29 is 19.8 Å². The van der Waals surface area contributed by atoms with Crippen molar-refractivity contribution >= 4 is 11.9 Å². The van der Waals surface area contributed by atoms with E-state index in [9.17, 15) is 9.59 Å². The maximum Gasteiger partial charge on any atom is 0.303 e. The van der Waals surface area contributed by atoms with Gasteiger partial charge in [0.15, 0.2) is 0 Å². The topological polar surface area (TPSA) is 74.6 Å². The molecule has 0 saturated carbocycles. The Balaban J connectivity index is -0.000000143. The highest BCUT2D eigenvalue weighted by Crippen LogP contribution is 1.82. The molecule has 13 heavy (non-hydrogen) atoms. The summed E-state index contributed by atoms with van der Waals surface area (Å²) in [5, 5.41) is 15.8. The molecule has 2 N–H and O–H groups in total. The van der Waals surface area contributed by atoms with Crippen LogP contribution in [0.4, 0.5) is 0 Å². The summed E-state index contributed by atoms with van der Waals surface area (Å²) in [5.74, 6) is -1.42. The second kappa shape index (κ2) is 13.5. The van der Waals surface area contributed by atoms with Crippen molar-refractivity contribution in [3.8, 4) is 0 Å². The Kier molecular flexibility index (Phi) is 18.6. The van der Waals surface area contributed by atoms with Gasteiger partial charge in [0.2, 0.25) is 0 Å². The lowest BCUT2D eigenvalue weighted by molar-refractivity contribution is -0.138. The van der Waals surface area contributed by atoms with Gasteiger partial charge in [0.25, 0.3) is 0 Å². The highest BCUT2D eigenvalue weighted by molar-refractivity contribution is 5.66. The summed E-state index contributed by atoms with van der Waals surface area (Å²) in [6, 6.07) is 0. The smallest absolute Gasteiger partial charge is 0.303 e. The fourth-order valence-corrected chi connectivity index (χ4v) is 0.428. The monoisotopic (exact) mass is 192 g/mol. The Labute approximate surface area is 79.6 Å². The first-order valence-electron chi connectivity index (χ1n) is 3.98. The van der Waals surface area contributed by atoms with E-state index in [1.54, 1.807) is 0 Å². The number of hydrogen-bond donors (Lipinski definition) is 2. The van der Waals surface area contributed by atoms with E-state index in [2.05, 4.69) is 0 Å². The summed E-state index contributed by atoms with van der Waals surface area (Å²) in [6.07, 6.45) is 2.05. The van der Waals surface area contributed by atoms with Gasteiger partial charge in [0, 0.05) is 12.8 Å². The molecule has 0 heterocycles. The average molecular weight is 192 g/mol. The number of rotatable bonds is 4. The van der Waals surface area contributed by atoms with Gasteiger partial charge in [-0.15, -0.1) is 0 Å². The van der Waals surface area contributed by atoms with Crippen LogP contribution in [-0.4, -0.2) is 22.2 Å². The zero-order chi connectivity index (χ0) is 9.98. The van der Waals surface area contributed by atoms with Crippen LogP contribution in [0.2, 0.25) is 0 Å². The van der Waals surface area contributed by atoms with Gasteiger partial charge in [0.05, 0.1) is 0 Å². The van der Waals surface area contributed by atoms with E-state index in [-0.39, 0.29) is 7.43 Å². The molecule has 0 amide bonds. The van der Waals surface area contributed by atoms with Crippen molar-refractivity contribution in [3.05, 3.63) is 0 Å². The Morgan fingerprint density at radius 1 is 0.923 bits per heavy atom. The minimum atomic E-state index is -0.711. The molecular formula is C9H20O4. The largest absolute Gasteiger partial charge is 0.481 e. The zero-order valence-electron chi connectivity index (χ0n) is 7.54. The molecule has 4 heteroatoms. The van der Waals surface area contributed by atoms with Gasteiger partial charge < -0.3 is 10.2 Å². The minimum absolute atomic E-state index is 0. The van der Waals surface area contributed by atoms with Gasteiger partial charge in [-0.3, -0.25) is 9.59 Å². The molecule has 0 aliphatic rings. The minimum Gasteiger partial charge on any atom is -0.481 e. The Hall–Kier alpha value is -1.06. The van der Waals surface area contributed by atoms with E-state index >= 15 is 0 Å². The van der Waals surface area contributed by atoms with Crippen LogP contribution in [0, 0.1) is 0 Å². The van der Waals surface area contributed by atoms with E-state index in [1.807, 2.05) is 13.8 Å². The van der Waals surface area contributed by atoms with E-state index in [4.69, 9.17) is 10.2 Å². The van der Waals surface area contributed by atoms with E-state index in [0.29, 0.717) is 12.8 Å². The van der Waals surface area contributed by atoms with Gasteiger partial charge in [-0.25, -0.2) is 0 Å². The lowest BCUT2D eigenvalue weighted by atomic mass is 10.4. The second-order valence-corrected chi connectivity index (χ2v) is 2.29. The highest BCUT2D eigenvalue weighted by atomic mass is 16.4. The predicted octanol–water partition coefficient (Wildman–Crippen LogP) is 2.38. The average Bonchev–Trinajstić information content (AvgIpc) is 1.87. The van der Waals surface area contributed by atoms with Crippen molar-refractivity contribution in [2.45, 2.75) is 47.0 Å². The second-order valence-electron chi connectivity index (χ2n) is 2.29. The quantitative estimate of drug-likeness (QED) is 0.717. The molecule has 0 spiro atoms. The molecule has 0 aliphatic carbocycles. The highest BCUT2D eigenvalue weighted by Gasteiger charge is 1.88. The van der Waals surface area contributed by atoms with Crippen LogP contribution < -0.4 is 0 Å². The summed E-state index contributed by atoms with van der Waals surface area (Å²) < 4.78 is 0. The van der Waals surface area contributed by atoms with Crippen molar-refractivity contribution in [3.63, 3.8) is 0 Å². The van der Waals surface area contributed by atoms with Crippen LogP contribution in [-0.2, 0) is 9.59 Å². The molecular weight excluding hydrogens is 172 g/mol. The lowest BCUT2D eigenvalue weighted by Crippen LogP contribution is -1.90. The van der Waals surface area contributed by atoms with E-state index in [1.165, 1.54) is 0 Å². The van der Waals surface area contributed by atoms with Gasteiger partial charge in [-0.1, -0.05) is 21.3 Å². The third-order valence-corrected chi connectivity index (χ3v) is 0.928. The van der Waals surface area contributed by atoms with Gasteiger partial charge in [0.1, 0.15) is 0 Å². The van der Waals surface area contributed by atoms with Gasteiger partial charge in [-0.05, 0) is 12.8 Å². The Bertz CT molecular complexity index is 116. The number of hydrogen-bond acceptors (Lipinski definition) is 2. The van der Waals surface area contributed by atoms with Crippen LogP contribution in [0.25, 0.3) is 0 Å². The molecule has 0 aromatic heterocycles. The molecule has 0 atom stereocenters. The van der Waals surface area contributed by atoms with Crippen LogP contribution >= 0.6 is 0 Å². The molecule has 0 unspecified atom stereocenters. The van der Waals surface area contributed by atoms with Crippen LogP contribution in [0.15, 0.2) is 0 Å². The third-order valence-electron chi connectivity index (χ3n) is 0.928. The van der Waals surface area contributed by atoms with Crippen molar-refractivity contribution in [2.75, 3.05) is 0 Å². The molecule has 80 valence electrons. The lowest BCUT2D eigenvalue weighted by Gasteiger charge is -1.79. The van der Waals surface area contributed by atoms with Crippen LogP contribution in [0.3, 0.4) is 0 Å². The first kappa shape index (κ1) is 17.9. The molecule has 0 fully saturated rings. The van der Waals surface area contributed by atoms with Crippen LogP contribution in [0.5, 0.6) is 0 Å². The number of aliphatic carboxylic acids is 2. The summed E-state index contributed by atoms with van der Waals surface area (Å²) in [4.78, 5) is 19.2. The Morgan fingerprint density at radius 3 is 1.15 bits per heavy atom. The normalized spacial score (nSPS) is 7.54. The molecule has 0 aliphatic heterocycles. The predicted molar refractivity (Wildman–Crippen MR) is 51.8 cm³/mol.